The lowest BCUT2D eigenvalue weighted by atomic mass is 9.82. The number of hydrogen-bond acceptors (Lipinski definition) is 2. The molecule has 0 aromatic heterocycles. The number of hydrogen-bond donors (Lipinski definition) is 2. The van der Waals surface area contributed by atoms with Crippen LogP contribution in [0.5, 0.6) is 0 Å². The molecule has 0 heterocycles. The molecule has 2 aliphatic carbocycles. The van der Waals surface area contributed by atoms with Crippen molar-refractivity contribution in [1.82, 2.24) is 5.32 Å². The molecule has 2 nitrogen and oxygen atoms in total. The van der Waals surface area contributed by atoms with Gasteiger partial charge < -0.3 is 10.4 Å². The molecule has 0 spiro atoms. The van der Waals surface area contributed by atoms with Crippen molar-refractivity contribution in [1.29, 1.82) is 0 Å². The van der Waals surface area contributed by atoms with Gasteiger partial charge >= 0.3 is 0 Å². The highest BCUT2D eigenvalue weighted by Gasteiger charge is 2.27. The second-order valence-corrected chi connectivity index (χ2v) is 6.26. The summed E-state index contributed by atoms with van der Waals surface area (Å²) in [5.41, 5.74) is 0. The Kier molecular flexibility index (Phi) is 5.30. The standard InChI is InChI=1S/C15H29NO/c1-2-4-12-5-3-6-14(8-7-12)16-11-13-9-15(17)10-13/h12-17H,2-11H2,1H3. The molecular formula is C15H29NO. The highest BCUT2D eigenvalue weighted by atomic mass is 16.3. The third-order valence-corrected chi connectivity index (χ3v) is 4.69. The quantitative estimate of drug-likeness (QED) is 0.723. The van der Waals surface area contributed by atoms with Crippen LogP contribution in [0.2, 0.25) is 0 Å². The van der Waals surface area contributed by atoms with Crippen LogP contribution in [0.15, 0.2) is 0 Å². The zero-order chi connectivity index (χ0) is 12.1. The maximum atomic E-state index is 9.27. The normalized spacial score (nSPS) is 38.5. The smallest absolute Gasteiger partial charge is 0.0546 e. The zero-order valence-electron chi connectivity index (χ0n) is 11.3. The van der Waals surface area contributed by atoms with Crippen LogP contribution in [0.4, 0.5) is 0 Å². The lowest BCUT2D eigenvalue weighted by molar-refractivity contribution is 0.0416. The molecule has 0 saturated heterocycles. The summed E-state index contributed by atoms with van der Waals surface area (Å²) in [6, 6.07) is 0.759. The number of nitrogens with one attached hydrogen (secondary N) is 1. The highest BCUT2D eigenvalue weighted by molar-refractivity contribution is 4.82. The molecule has 2 fully saturated rings. The van der Waals surface area contributed by atoms with Gasteiger partial charge in [-0.25, -0.2) is 0 Å². The summed E-state index contributed by atoms with van der Waals surface area (Å²) in [5.74, 6) is 1.75. The first kappa shape index (κ1) is 13.4. The van der Waals surface area contributed by atoms with Crippen molar-refractivity contribution in [2.24, 2.45) is 11.8 Å². The second-order valence-electron chi connectivity index (χ2n) is 6.26. The van der Waals surface area contributed by atoms with E-state index in [-0.39, 0.29) is 6.10 Å². The minimum atomic E-state index is 0.00451. The fraction of sp³-hybridized carbons (Fsp3) is 1.00. The van der Waals surface area contributed by atoms with E-state index in [0.29, 0.717) is 0 Å². The first-order valence-corrected chi connectivity index (χ1v) is 7.69. The number of aliphatic hydroxyl groups excluding tert-OH is 1. The summed E-state index contributed by atoms with van der Waals surface area (Å²) in [7, 11) is 0. The molecular weight excluding hydrogens is 210 g/mol. The Bertz CT molecular complexity index is 213. The molecule has 2 aliphatic rings. The van der Waals surface area contributed by atoms with Gasteiger partial charge in [-0.1, -0.05) is 32.6 Å². The van der Waals surface area contributed by atoms with Crippen LogP contribution in [-0.2, 0) is 0 Å². The first-order chi connectivity index (χ1) is 8.28. The lowest BCUT2D eigenvalue weighted by Crippen LogP contribution is -2.40. The van der Waals surface area contributed by atoms with E-state index in [0.717, 1.165) is 37.3 Å². The summed E-state index contributed by atoms with van der Waals surface area (Å²) >= 11 is 0. The molecule has 2 heteroatoms. The predicted octanol–water partition coefficient (Wildman–Crippen LogP) is 3.10. The van der Waals surface area contributed by atoms with Gasteiger partial charge in [0, 0.05) is 6.04 Å². The van der Waals surface area contributed by atoms with Gasteiger partial charge in [-0.15, -0.1) is 0 Å². The van der Waals surface area contributed by atoms with Crippen LogP contribution in [0.1, 0.15) is 64.7 Å². The fourth-order valence-electron chi connectivity index (χ4n) is 3.48. The second kappa shape index (κ2) is 6.75. The van der Waals surface area contributed by atoms with Crippen LogP contribution in [0.25, 0.3) is 0 Å². The molecule has 0 aliphatic heterocycles. The maximum absolute atomic E-state index is 9.27. The molecule has 2 unspecified atom stereocenters. The van der Waals surface area contributed by atoms with Gasteiger partial charge in [0.25, 0.3) is 0 Å². The molecule has 0 radical (unpaired) electrons. The van der Waals surface area contributed by atoms with Crippen molar-refractivity contribution in [3.05, 3.63) is 0 Å². The Morgan fingerprint density at radius 2 is 1.88 bits per heavy atom. The number of aliphatic hydroxyl groups is 1. The Morgan fingerprint density at radius 1 is 1.06 bits per heavy atom. The van der Waals surface area contributed by atoms with Gasteiger partial charge in [0.1, 0.15) is 0 Å². The zero-order valence-corrected chi connectivity index (χ0v) is 11.3. The van der Waals surface area contributed by atoms with Gasteiger partial charge in [-0.2, -0.15) is 0 Å². The van der Waals surface area contributed by atoms with Crippen LogP contribution >= 0.6 is 0 Å². The summed E-state index contributed by atoms with van der Waals surface area (Å²) in [4.78, 5) is 0. The average molecular weight is 239 g/mol. The van der Waals surface area contributed by atoms with Crippen molar-refractivity contribution < 1.29 is 5.11 Å². The summed E-state index contributed by atoms with van der Waals surface area (Å²) in [6.45, 7) is 3.45. The summed E-state index contributed by atoms with van der Waals surface area (Å²) < 4.78 is 0. The highest BCUT2D eigenvalue weighted by Crippen LogP contribution is 2.29. The minimum Gasteiger partial charge on any atom is -0.393 e. The monoisotopic (exact) mass is 239 g/mol. The van der Waals surface area contributed by atoms with E-state index in [1.165, 1.54) is 44.9 Å². The van der Waals surface area contributed by atoms with E-state index in [9.17, 15) is 5.11 Å². The van der Waals surface area contributed by atoms with Gasteiger partial charge in [-0.3, -0.25) is 0 Å². The van der Waals surface area contributed by atoms with Gasteiger partial charge in [-0.05, 0) is 50.5 Å². The van der Waals surface area contributed by atoms with Crippen LogP contribution < -0.4 is 5.32 Å². The molecule has 2 atom stereocenters. The average Bonchev–Trinajstić information content (AvgIpc) is 2.49. The van der Waals surface area contributed by atoms with Crippen molar-refractivity contribution >= 4 is 0 Å². The Hall–Kier alpha value is -0.0800. The van der Waals surface area contributed by atoms with Gasteiger partial charge in [0.2, 0.25) is 0 Å². The molecule has 2 rings (SSSR count). The molecule has 0 amide bonds. The molecule has 2 saturated carbocycles. The molecule has 0 aromatic carbocycles. The predicted molar refractivity (Wildman–Crippen MR) is 72.0 cm³/mol. The van der Waals surface area contributed by atoms with E-state index < -0.39 is 0 Å². The van der Waals surface area contributed by atoms with Crippen molar-refractivity contribution in [3.8, 4) is 0 Å². The van der Waals surface area contributed by atoms with Crippen LogP contribution in [0, 0.1) is 11.8 Å². The van der Waals surface area contributed by atoms with E-state index in [1.54, 1.807) is 0 Å². The van der Waals surface area contributed by atoms with Gasteiger partial charge in [0.05, 0.1) is 6.10 Å². The van der Waals surface area contributed by atoms with Gasteiger partial charge in [0.15, 0.2) is 0 Å². The first-order valence-electron chi connectivity index (χ1n) is 7.69. The molecule has 2 N–H and O–H groups in total. The molecule has 100 valence electrons. The lowest BCUT2D eigenvalue weighted by Gasteiger charge is -2.32. The fourth-order valence-corrected chi connectivity index (χ4v) is 3.48. The Balaban J connectivity index is 1.61. The van der Waals surface area contributed by atoms with Crippen molar-refractivity contribution in [3.63, 3.8) is 0 Å². The SMILES string of the molecule is CCCC1CCCC(NCC2CC(O)C2)CC1. The van der Waals surface area contributed by atoms with E-state index in [1.807, 2.05) is 0 Å². The molecule has 17 heavy (non-hydrogen) atoms. The van der Waals surface area contributed by atoms with Crippen molar-refractivity contribution in [2.75, 3.05) is 6.54 Å². The maximum Gasteiger partial charge on any atom is 0.0546 e. The Labute approximate surface area is 106 Å². The van der Waals surface area contributed by atoms with E-state index >= 15 is 0 Å². The summed E-state index contributed by atoms with van der Waals surface area (Å²) in [6.07, 6.45) is 11.9. The van der Waals surface area contributed by atoms with Crippen LogP contribution in [-0.4, -0.2) is 23.8 Å². The van der Waals surface area contributed by atoms with E-state index in [4.69, 9.17) is 0 Å². The Morgan fingerprint density at radius 3 is 2.59 bits per heavy atom. The minimum absolute atomic E-state index is 0.00451. The third-order valence-electron chi connectivity index (χ3n) is 4.69. The molecule has 0 bridgehead atoms. The van der Waals surface area contributed by atoms with Crippen LogP contribution in [0.3, 0.4) is 0 Å². The summed E-state index contributed by atoms with van der Waals surface area (Å²) in [5, 5.41) is 13.0. The van der Waals surface area contributed by atoms with Crippen molar-refractivity contribution in [2.45, 2.75) is 76.9 Å². The third kappa shape index (κ3) is 4.26. The van der Waals surface area contributed by atoms with E-state index in [2.05, 4.69) is 12.2 Å². The largest absolute Gasteiger partial charge is 0.393 e. The topological polar surface area (TPSA) is 32.3 Å². The molecule has 0 aromatic rings. The number of rotatable bonds is 5.